The van der Waals surface area contributed by atoms with E-state index in [-0.39, 0.29) is 43.7 Å². The Morgan fingerprint density at radius 1 is 0.871 bits per heavy atom. The van der Waals surface area contributed by atoms with Crippen LogP contribution in [0, 0.1) is 0 Å². The number of amides is 2. The fourth-order valence-corrected chi connectivity index (χ4v) is 5.86. The first-order valence-electron chi connectivity index (χ1n) is 9.65. The molecule has 0 spiro atoms. The van der Waals surface area contributed by atoms with Gasteiger partial charge in [0, 0.05) is 49.9 Å². The number of nitrogens with zero attached hydrogens (tertiary/aromatic N) is 3. The summed E-state index contributed by atoms with van der Waals surface area (Å²) in [6, 6.07) is 6.63. The molecule has 2 fully saturated rings. The van der Waals surface area contributed by atoms with Gasteiger partial charge in [0.1, 0.15) is 9.21 Å². The second-order valence-corrected chi connectivity index (χ2v) is 10.3. The van der Waals surface area contributed by atoms with Crippen molar-refractivity contribution in [2.24, 2.45) is 0 Å². The smallest absolute Gasteiger partial charge is 0.265 e. The van der Waals surface area contributed by atoms with Crippen molar-refractivity contribution in [1.29, 1.82) is 0 Å². The minimum absolute atomic E-state index is 0.0406. The van der Waals surface area contributed by atoms with E-state index in [1.165, 1.54) is 0 Å². The highest BCUT2D eigenvalue weighted by Crippen LogP contribution is 2.41. The average molecular weight is 523 g/mol. The van der Waals surface area contributed by atoms with Crippen molar-refractivity contribution in [1.82, 2.24) is 14.7 Å². The van der Waals surface area contributed by atoms with Crippen LogP contribution in [0.2, 0.25) is 19.4 Å². The van der Waals surface area contributed by atoms with Crippen molar-refractivity contribution in [3.05, 3.63) is 54.1 Å². The fourth-order valence-electron chi connectivity index (χ4n) is 3.97. The van der Waals surface area contributed by atoms with Crippen molar-refractivity contribution in [2.45, 2.75) is 12.1 Å². The first-order chi connectivity index (χ1) is 14.8. The number of hydrogen-bond donors (Lipinski definition) is 1. The quantitative estimate of drug-likeness (QED) is 0.661. The van der Waals surface area contributed by atoms with Crippen LogP contribution in [-0.4, -0.2) is 83.0 Å². The zero-order valence-corrected chi connectivity index (χ0v) is 20.1. The van der Waals surface area contributed by atoms with E-state index in [9.17, 15) is 14.7 Å². The second-order valence-electron chi connectivity index (χ2n) is 7.51. The number of thiophene rings is 1. The molecule has 4 rings (SSSR count). The van der Waals surface area contributed by atoms with Gasteiger partial charge in [-0.25, -0.2) is 0 Å². The molecule has 3 heterocycles. The topological polar surface area (TPSA) is 64.1 Å². The van der Waals surface area contributed by atoms with Crippen LogP contribution in [-0.2, 0) is 0 Å². The molecule has 1 aromatic heterocycles. The molecule has 166 valence electrons. The van der Waals surface area contributed by atoms with E-state index in [2.05, 4.69) is 4.90 Å². The molecule has 6 nitrogen and oxygen atoms in total. The molecule has 0 unspecified atom stereocenters. The number of carbonyl (C=O) groups is 2. The maximum absolute atomic E-state index is 12.9. The fraction of sp³-hybridized carbons (Fsp3) is 0.400. The van der Waals surface area contributed by atoms with Crippen LogP contribution in [0.15, 0.2) is 24.3 Å². The number of aliphatic hydroxyl groups excluding tert-OH is 1. The van der Waals surface area contributed by atoms with Crippen molar-refractivity contribution in [2.75, 3.05) is 39.3 Å². The first kappa shape index (κ1) is 23.1. The molecule has 1 aromatic carbocycles. The van der Waals surface area contributed by atoms with Gasteiger partial charge in [0.25, 0.3) is 11.8 Å². The molecule has 0 radical (unpaired) electrons. The standard InChI is InChI=1S/C20H19Cl4N3O3S/c21-12-3-1-11(2-4-12)19(29)26-7-5-25(6-8-26)13-9-27(10-14(13)28)20(30)17-15(22)16(23)18(24)31-17/h1-4,13-14,28H,5-10H2/t13-,14-/m0/s1. The number of β-amino-alcohol motifs (C(OH)–C–C–N with tert-alkyl or cyclic N) is 1. The second kappa shape index (κ2) is 9.43. The summed E-state index contributed by atoms with van der Waals surface area (Å²) in [4.78, 5) is 31.3. The maximum atomic E-state index is 12.9. The number of hydrogen-bond acceptors (Lipinski definition) is 5. The minimum Gasteiger partial charge on any atom is -0.390 e. The van der Waals surface area contributed by atoms with Gasteiger partial charge >= 0.3 is 0 Å². The number of piperazine rings is 1. The Hall–Kier alpha value is -1.06. The van der Waals surface area contributed by atoms with E-state index in [0.717, 1.165) is 11.3 Å². The lowest BCUT2D eigenvalue weighted by Crippen LogP contribution is -2.54. The lowest BCUT2D eigenvalue weighted by atomic mass is 10.1. The Balaban J connectivity index is 1.36. The highest BCUT2D eigenvalue weighted by atomic mass is 35.5. The van der Waals surface area contributed by atoms with Crippen molar-refractivity contribution < 1.29 is 14.7 Å². The van der Waals surface area contributed by atoms with Crippen LogP contribution in [0.25, 0.3) is 0 Å². The Bertz CT molecular complexity index is 992. The number of carbonyl (C=O) groups excluding carboxylic acids is 2. The molecule has 2 aliphatic heterocycles. The molecule has 2 atom stereocenters. The third kappa shape index (κ3) is 4.69. The van der Waals surface area contributed by atoms with E-state index in [0.29, 0.717) is 43.3 Å². The van der Waals surface area contributed by atoms with Crippen molar-refractivity contribution >= 4 is 69.6 Å². The van der Waals surface area contributed by atoms with Gasteiger partial charge in [-0.05, 0) is 24.3 Å². The van der Waals surface area contributed by atoms with Gasteiger partial charge < -0.3 is 14.9 Å². The molecular weight excluding hydrogens is 504 g/mol. The zero-order chi connectivity index (χ0) is 22.3. The Morgan fingerprint density at radius 2 is 1.52 bits per heavy atom. The Morgan fingerprint density at radius 3 is 2.10 bits per heavy atom. The van der Waals surface area contributed by atoms with Crippen LogP contribution >= 0.6 is 57.7 Å². The zero-order valence-electron chi connectivity index (χ0n) is 16.2. The summed E-state index contributed by atoms with van der Waals surface area (Å²) in [6.07, 6.45) is -0.688. The summed E-state index contributed by atoms with van der Waals surface area (Å²) in [7, 11) is 0. The monoisotopic (exact) mass is 521 g/mol. The molecule has 11 heteroatoms. The number of halogens is 4. The van der Waals surface area contributed by atoms with Gasteiger partial charge in [-0.2, -0.15) is 0 Å². The lowest BCUT2D eigenvalue weighted by molar-refractivity contribution is 0.0376. The number of likely N-dealkylation sites (tertiary alicyclic amines) is 1. The van der Waals surface area contributed by atoms with Gasteiger partial charge in [-0.15, -0.1) is 11.3 Å². The number of benzene rings is 1. The summed E-state index contributed by atoms with van der Waals surface area (Å²) < 4.78 is 0.271. The van der Waals surface area contributed by atoms with E-state index in [1.807, 2.05) is 0 Å². The average Bonchev–Trinajstić information content (AvgIpc) is 3.28. The third-order valence-electron chi connectivity index (χ3n) is 5.66. The lowest BCUT2D eigenvalue weighted by Gasteiger charge is -2.38. The Labute approximate surface area is 203 Å². The largest absolute Gasteiger partial charge is 0.390 e. The van der Waals surface area contributed by atoms with E-state index < -0.39 is 6.10 Å². The SMILES string of the molecule is O=C(c1ccc(Cl)cc1)N1CCN([C@H]2CN(C(=O)c3sc(Cl)c(Cl)c3Cl)C[C@@H]2O)CC1. The van der Waals surface area contributed by atoms with Gasteiger partial charge in [-0.1, -0.05) is 46.4 Å². The molecule has 2 saturated heterocycles. The van der Waals surface area contributed by atoms with Crippen LogP contribution in [0.5, 0.6) is 0 Å². The van der Waals surface area contributed by atoms with Crippen molar-refractivity contribution in [3.8, 4) is 0 Å². The normalized spacial score (nSPS) is 22.2. The van der Waals surface area contributed by atoms with Gasteiger partial charge in [0.15, 0.2) is 0 Å². The summed E-state index contributed by atoms with van der Waals surface area (Å²) >= 11 is 25.1. The van der Waals surface area contributed by atoms with Gasteiger partial charge in [0.2, 0.25) is 0 Å². The summed E-state index contributed by atoms with van der Waals surface area (Å²) in [6.45, 7) is 2.88. The molecule has 1 N–H and O–H groups in total. The summed E-state index contributed by atoms with van der Waals surface area (Å²) in [5, 5.41) is 11.5. The molecule has 2 aliphatic rings. The predicted octanol–water partition coefficient (Wildman–Crippen LogP) is 4.01. The highest BCUT2D eigenvalue weighted by molar-refractivity contribution is 7.19. The summed E-state index contributed by atoms with van der Waals surface area (Å²) in [5.74, 6) is -0.330. The summed E-state index contributed by atoms with van der Waals surface area (Å²) in [5.41, 5.74) is 0.598. The molecule has 0 aliphatic carbocycles. The molecule has 0 saturated carbocycles. The number of aliphatic hydroxyl groups is 1. The molecular formula is C20H19Cl4N3O3S. The van der Waals surface area contributed by atoms with Crippen LogP contribution < -0.4 is 0 Å². The third-order valence-corrected chi connectivity index (χ3v) is 8.47. The van der Waals surface area contributed by atoms with E-state index in [1.54, 1.807) is 34.1 Å². The van der Waals surface area contributed by atoms with Gasteiger partial charge in [-0.3, -0.25) is 14.5 Å². The minimum atomic E-state index is -0.688. The van der Waals surface area contributed by atoms with Gasteiger partial charge in [0.05, 0.1) is 22.2 Å². The molecule has 31 heavy (non-hydrogen) atoms. The first-order valence-corrected chi connectivity index (χ1v) is 12.0. The van der Waals surface area contributed by atoms with Crippen LogP contribution in [0.1, 0.15) is 20.0 Å². The van der Waals surface area contributed by atoms with Crippen molar-refractivity contribution in [3.63, 3.8) is 0 Å². The van der Waals surface area contributed by atoms with Crippen LogP contribution in [0.3, 0.4) is 0 Å². The maximum Gasteiger partial charge on any atom is 0.265 e. The molecule has 2 amide bonds. The molecule has 0 bridgehead atoms. The highest BCUT2D eigenvalue weighted by Gasteiger charge is 2.40. The number of rotatable bonds is 3. The van der Waals surface area contributed by atoms with E-state index >= 15 is 0 Å². The molecule has 2 aromatic rings. The Kier molecular flexibility index (Phi) is 7.03. The van der Waals surface area contributed by atoms with Crippen LogP contribution in [0.4, 0.5) is 0 Å². The van der Waals surface area contributed by atoms with E-state index in [4.69, 9.17) is 46.4 Å². The predicted molar refractivity (Wildman–Crippen MR) is 124 cm³/mol.